The largest absolute Gasteiger partial charge is 0.457 e. The van der Waals surface area contributed by atoms with E-state index in [2.05, 4.69) is 15.9 Å². The van der Waals surface area contributed by atoms with Crippen molar-refractivity contribution in [3.63, 3.8) is 0 Å². The molecule has 0 fully saturated rings. The molecule has 0 aromatic heterocycles. The molecule has 0 saturated heterocycles. The minimum absolute atomic E-state index is 0.221. The molecule has 0 aliphatic heterocycles. The summed E-state index contributed by atoms with van der Waals surface area (Å²) in [4.78, 5) is 0. The van der Waals surface area contributed by atoms with Crippen LogP contribution in [-0.2, 0) is 5.33 Å². The Bertz CT molecular complexity index is 575. The molecule has 2 aromatic carbocycles. The molecule has 18 heavy (non-hydrogen) atoms. The summed E-state index contributed by atoms with van der Waals surface area (Å²) < 4.78 is 31.3. The first kappa shape index (κ1) is 13.3. The fourth-order valence-corrected chi connectivity index (χ4v) is 2.03. The zero-order chi connectivity index (χ0) is 13.1. The van der Waals surface area contributed by atoms with Gasteiger partial charge < -0.3 is 4.74 Å². The fraction of sp³-hybridized carbons (Fsp3) is 0.0769. The molecular weight excluding hydrogens is 325 g/mol. The Balaban J connectivity index is 2.33. The predicted molar refractivity (Wildman–Crippen MR) is 70.5 cm³/mol. The molecule has 0 atom stereocenters. The van der Waals surface area contributed by atoms with Crippen LogP contribution in [0.2, 0.25) is 5.02 Å². The molecule has 1 nitrogen and oxygen atoms in total. The van der Waals surface area contributed by atoms with E-state index in [1.54, 1.807) is 18.2 Å². The summed E-state index contributed by atoms with van der Waals surface area (Å²) in [6, 6.07) is 8.52. The van der Waals surface area contributed by atoms with E-state index in [9.17, 15) is 8.78 Å². The maximum absolute atomic E-state index is 13.1. The van der Waals surface area contributed by atoms with Crippen LogP contribution in [0.3, 0.4) is 0 Å². The molecular formula is C13H8BrClF2O. The highest BCUT2D eigenvalue weighted by molar-refractivity contribution is 9.08. The van der Waals surface area contributed by atoms with Crippen LogP contribution in [0.1, 0.15) is 5.56 Å². The molecule has 0 bridgehead atoms. The van der Waals surface area contributed by atoms with Gasteiger partial charge >= 0.3 is 0 Å². The molecule has 2 rings (SSSR count). The second kappa shape index (κ2) is 5.67. The smallest absolute Gasteiger partial charge is 0.162 e. The fourth-order valence-electron chi connectivity index (χ4n) is 1.40. The van der Waals surface area contributed by atoms with Crippen LogP contribution in [0.4, 0.5) is 8.78 Å². The quantitative estimate of drug-likeness (QED) is 0.692. The monoisotopic (exact) mass is 332 g/mol. The molecule has 0 radical (unpaired) electrons. The summed E-state index contributed by atoms with van der Waals surface area (Å²) in [5, 5.41) is 1.08. The third kappa shape index (κ3) is 3.00. The van der Waals surface area contributed by atoms with Gasteiger partial charge in [-0.15, -0.1) is 0 Å². The average molecular weight is 334 g/mol. The van der Waals surface area contributed by atoms with Crippen molar-refractivity contribution >= 4 is 27.5 Å². The lowest BCUT2D eigenvalue weighted by atomic mass is 10.2. The van der Waals surface area contributed by atoms with E-state index in [-0.39, 0.29) is 5.75 Å². The minimum Gasteiger partial charge on any atom is -0.457 e. The number of benzene rings is 2. The first-order valence-electron chi connectivity index (χ1n) is 5.07. The van der Waals surface area contributed by atoms with Gasteiger partial charge in [-0.05, 0) is 24.3 Å². The van der Waals surface area contributed by atoms with Crippen LogP contribution in [0, 0.1) is 11.6 Å². The SMILES string of the molecule is Fc1ccc(Oc2cc(Cl)ccc2CBr)cc1F. The van der Waals surface area contributed by atoms with Crippen molar-refractivity contribution in [2.24, 2.45) is 0 Å². The van der Waals surface area contributed by atoms with E-state index in [1.165, 1.54) is 6.07 Å². The number of halogens is 4. The Labute approximate surface area is 116 Å². The third-order valence-electron chi connectivity index (χ3n) is 2.29. The van der Waals surface area contributed by atoms with Crippen molar-refractivity contribution in [2.45, 2.75) is 5.33 Å². The van der Waals surface area contributed by atoms with E-state index >= 15 is 0 Å². The predicted octanol–water partition coefficient (Wildman–Crippen LogP) is 5.31. The van der Waals surface area contributed by atoms with Crippen molar-refractivity contribution in [3.05, 3.63) is 58.6 Å². The van der Waals surface area contributed by atoms with Gasteiger partial charge in [0.05, 0.1) is 0 Å². The van der Waals surface area contributed by atoms with E-state index in [1.807, 2.05) is 0 Å². The van der Waals surface area contributed by atoms with Gasteiger partial charge in [0.1, 0.15) is 11.5 Å². The molecule has 0 amide bonds. The van der Waals surface area contributed by atoms with Gasteiger partial charge in [-0.1, -0.05) is 33.6 Å². The van der Waals surface area contributed by atoms with E-state index in [0.29, 0.717) is 16.1 Å². The number of alkyl halides is 1. The van der Waals surface area contributed by atoms with E-state index in [0.717, 1.165) is 17.7 Å². The second-order valence-corrected chi connectivity index (χ2v) is 4.56. The van der Waals surface area contributed by atoms with Gasteiger partial charge in [0.2, 0.25) is 0 Å². The molecule has 0 aliphatic rings. The van der Waals surface area contributed by atoms with Gasteiger partial charge in [0, 0.05) is 22.0 Å². The highest BCUT2D eigenvalue weighted by Gasteiger charge is 2.08. The Morgan fingerprint density at radius 1 is 1.06 bits per heavy atom. The minimum atomic E-state index is -0.949. The Hall–Kier alpha value is -1.13. The summed E-state index contributed by atoms with van der Waals surface area (Å²) in [6.07, 6.45) is 0. The van der Waals surface area contributed by atoms with Gasteiger partial charge in [-0.2, -0.15) is 0 Å². The summed E-state index contributed by atoms with van der Waals surface area (Å²) in [5.41, 5.74) is 0.865. The molecule has 0 unspecified atom stereocenters. The van der Waals surface area contributed by atoms with Crippen molar-refractivity contribution in [2.75, 3.05) is 0 Å². The maximum Gasteiger partial charge on any atom is 0.162 e. The van der Waals surface area contributed by atoms with Crippen molar-refractivity contribution in [1.82, 2.24) is 0 Å². The van der Waals surface area contributed by atoms with E-state index in [4.69, 9.17) is 16.3 Å². The molecule has 94 valence electrons. The zero-order valence-electron chi connectivity index (χ0n) is 9.09. The van der Waals surface area contributed by atoms with Gasteiger partial charge in [0.25, 0.3) is 0 Å². The summed E-state index contributed by atoms with van der Waals surface area (Å²) in [7, 11) is 0. The lowest BCUT2D eigenvalue weighted by molar-refractivity contribution is 0.459. The Morgan fingerprint density at radius 3 is 2.50 bits per heavy atom. The Kier molecular flexibility index (Phi) is 4.19. The summed E-state index contributed by atoms with van der Waals surface area (Å²) >= 11 is 9.18. The first-order chi connectivity index (χ1) is 8.60. The average Bonchev–Trinajstić information content (AvgIpc) is 2.34. The number of ether oxygens (including phenoxy) is 1. The van der Waals surface area contributed by atoms with Gasteiger partial charge in [0.15, 0.2) is 11.6 Å². The number of hydrogen-bond donors (Lipinski definition) is 0. The number of rotatable bonds is 3. The van der Waals surface area contributed by atoms with Crippen molar-refractivity contribution < 1.29 is 13.5 Å². The molecule has 0 heterocycles. The molecule has 0 N–H and O–H groups in total. The molecule has 5 heteroatoms. The third-order valence-corrected chi connectivity index (χ3v) is 3.13. The first-order valence-corrected chi connectivity index (χ1v) is 6.57. The Morgan fingerprint density at radius 2 is 1.83 bits per heavy atom. The van der Waals surface area contributed by atoms with Crippen LogP contribution in [0.15, 0.2) is 36.4 Å². The highest BCUT2D eigenvalue weighted by Crippen LogP contribution is 2.30. The standard InChI is InChI=1S/C13H8BrClF2O/c14-7-8-1-2-9(15)5-13(8)18-10-3-4-11(16)12(17)6-10/h1-6H,7H2. The molecule has 0 spiro atoms. The van der Waals surface area contributed by atoms with Crippen LogP contribution in [0.25, 0.3) is 0 Å². The molecule has 0 aliphatic carbocycles. The van der Waals surface area contributed by atoms with Crippen molar-refractivity contribution in [1.29, 1.82) is 0 Å². The van der Waals surface area contributed by atoms with E-state index < -0.39 is 11.6 Å². The number of hydrogen-bond acceptors (Lipinski definition) is 1. The molecule has 0 saturated carbocycles. The van der Waals surface area contributed by atoms with Crippen molar-refractivity contribution in [3.8, 4) is 11.5 Å². The van der Waals surface area contributed by atoms with Gasteiger partial charge in [-0.3, -0.25) is 0 Å². The van der Waals surface area contributed by atoms with Crippen LogP contribution < -0.4 is 4.74 Å². The van der Waals surface area contributed by atoms with Crippen LogP contribution >= 0.6 is 27.5 Å². The van der Waals surface area contributed by atoms with Crippen LogP contribution in [-0.4, -0.2) is 0 Å². The highest BCUT2D eigenvalue weighted by atomic mass is 79.9. The zero-order valence-corrected chi connectivity index (χ0v) is 11.4. The molecule has 2 aromatic rings. The maximum atomic E-state index is 13.1. The normalized spacial score (nSPS) is 10.4. The van der Waals surface area contributed by atoms with Gasteiger partial charge in [-0.25, -0.2) is 8.78 Å². The lowest BCUT2D eigenvalue weighted by Gasteiger charge is -2.10. The summed E-state index contributed by atoms with van der Waals surface area (Å²) in [5.74, 6) is -1.13. The van der Waals surface area contributed by atoms with Crippen LogP contribution in [0.5, 0.6) is 11.5 Å². The summed E-state index contributed by atoms with van der Waals surface area (Å²) in [6.45, 7) is 0. The lowest BCUT2D eigenvalue weighted by Crippen LogP contribution is -1.91. The topological polar surface area (TPSA) is 9.23 Å². The second-order valence-electron chi connectivity index (χ2n) is 3.56.